The molecule has 0 spiro atoms. The van der Waals surface area contributed by atoms with Crippen LogP contribution in [0.4, 0.5) is 5.82 Å². The number of para-hydroxylation sites is 1. The average Bonchev–Trinajstić information content (AvgIpc) is 2.89. The van der Waals surface area contributed by atoms with Gasteiger partial charge in [0.1, 0.15) is 11.6 Å². The van der Waals surface area contributed by atoms with E-state index in [4.69, 9.17) is 9.84 Å². The minimum absolute atomic E-state index is 0.00517. The SMILES string of the molecule is CCOc1ccc([C@@H]2SCC(=O)Nc3c2c(C)nn3-c2ccccc2C)cc1. The highest BCUT2D eigenvalue weighted by Crippen LogP contribution is 2.44. The first-order chi connectivity index (χ1) is 13.6. The Bertz CT molecular complexity index is 1010. The average molecular weight is 394 g/mol. The van der Waals surface area contributed by atoms with Gasteiger partial charge in [-0.3, -0.25) is 4.79 Å². The summed E-state index contributed by atoms with van der Waals surface area (Å²) in [5.74, 6) is 2.02. The summed E-state index contributed by atoms with van der Waals surface area (Å²) in [6.07, 6.45) is 0. The van der Waals surface area contributed by atoms with Crippen molar-refractivity contribution in [2.45, 2.75) is 26.0 Å². The van der Waals surface area contributed by atoms with Gasteiger partial charge in [0.2, 0.25) is 5.91 Å². The normalized spacial score (nSPS) is 16.2. The Morgan fingerprint density at radius 1 is 1.18 bits per heavy atom. The molecule has 28 heavy (non-hydrogen) atoms. The second kappa shape index (κ2) is 7.72. The van der Waals surface area contributed by atoms with Gasteiger partial charge in [0.05, 0.1) is 29.0 Å². The molecule has 0 fully saturated rings. The number of benzene rings is 2. The molecule has 6 heteroatoms. The van der Waals surface area contributed by atoms with Crippen molar-refractivity contribution in [3.05, 3.63) is 70.9 Å². The summed E-state index contributed by atoms with van der Waals surface area (Å²) < 4.78 is 7.43. The summed E-state index contributed by atoms with van der Waals surface area (Å²) in [6, 6.07) is 16.2. The predicted octanol–water partition coefficient (Wildman–Crippen LogP) is 4.66. The quantitative estimate of drug-likeness (QED) is 0.700. The highest BCUT2D eigenvalue weighted by molar-refractivity contribution is 8.00. The van der Waals surface area contributed by atoms with E-state index in [0.29, 0.717) is 12.4 Å². The summed E-state index contributed by atoms with van der Waals surface area (Å²) in [5.41, 5.74) is 5.20. The summed E-state index contributed by atoms with van der Waals surface area (Å²) in [6.45, 7) is 6.67. The predicted molar refractivity (Wildman–Crippen MR) is 114 cm³/mol. The molecule has 0 saturated heterocycles. The van der Waals surface area contributed by atoms with Crippen LogP contribution >= 0.6 is 11.8 Å². The van der Waals surface area contributed by atoms with E-state index in [2.05, 4.69) is 30.4 Å². The van der Waals surface area contributed by atoms with Gasteiger partial charge in [0.15, 0.2) is 0 Å². The molecular weight excluding hydrogens is 370 g/mol. The number of hydrogen-bond acceptors (Lipinski definition) is 4. The Kier molecular flexibility index (Phi) is 5.13. The number of ether oxygens (including phenoxy) is 1. The van der Waals surface area contributed by atoms with Crippen LogP contribution in [0.15, 0.2) is 48.5 Å². The molecule has 0 aliphatic carbocycles. The van der Waals surface area contributed by atoms with Crippen molar-refractivity contribution in [3.63, 3.8) is 0 Å². The summed E-state index contributed by atoms with van der Waals surface area (Å²) >= 11 is 1.63. The van der Waals surface area contributed by atoms with Crippen molar-refractivity contribution in [1.82, 2.24) is 9.78 Å². The molecule has 144 valence electrons. The third-order valence-electron chi connectivity index (χ3n) is 4.85. The fraction of sp³-hybridized carbons (Fsp3) is 0.273. The molecule has 3 aromatic rings. The van der Waals surface area contributed by atoms with Gasteiger partial charge in [-0.2, -0.15) is 5.10 Å². The summed E-state index contributed by atoms with van der Waals surface area (Å²) in [5, 5.41) is 7.90. The number of carbonyl (C=O) groups is 1. The lowest BCUT2D eigenvalue weighted by molar-refractivity contribution is -0.113. The number of anilines is 1. The van der Waals surface area contributed by atoms with Gasteiger partial charge in [-0.15, -0.1) is 11.8 Å². The second-order valence-electron chi connectivity index (χ2n) is 6.79. The molecule has 0 saturated carbocycles. The lowest BCUT2D eigenvalue weighted by Crippen LogP contribution is -2.16. The van der Waals surface area contributed by atoms with Gasteiger partial charge >= 0.3 is 0 Å². The highest BCUT2D eigenvalue weighted by Gasteiger charge is 2.30. The van der Waals surface area contributed by atoms with Crippen LogP contribution in [0.3, 0.4) is 0 Å². The lowest BCUT2D eigenvalue weighted by atomic mass is 10.0. The molecule has 1 atom stereocenters. The number of aryl methyl sites for hydroxylation is 2. The number of aromatic nitrogens is 2. The summed E-state index contributed by atoms with van der Waals surface area (Å²) in [7, 11) is 0. The van der Waals surface area contributed by atoms with E-state index in [1.54, 1.807) is 11.8 Å². The first-order valence-corrected chi connectivity index (χ1v) is 10.4. The van der Waals surface area contributed by atoms with Crippen LogP contribution in [0.5, 0.6) is 5.75 Å². The van der Waals surface area contributed by atoms with Gasteiger partial charge in [-0.1, -0.05) is 30.3 Å². The zero-order valence-electron chi connectivity index (χ0n) is 16.2. The molecular formula is C22H23N3O2S. The highest BCUT2D eigenvalue weighted by atomic mass is 32.2. The Morgan fingerprint density at radius 2 is 1.93 bits per heavy atom. The Hall–Kier alpha value is -2.73. The van der Waals surface area contributed by atoms with E-state index in [-0.39, 0.29) is 11.2 Å². The Labute approximate surface area is 169 Å². The molecule has 1 amide bonds. The maximum absolute atomic E-state index is 12.4. The van der Waals surface area contributed by atoms with Crippen LogP contribution in [-0.4, -0.2) is 28.0 Å². The van der Waals surface area contributed by atoms with Crippen molar-refractivity contribution >= 4 is 23.5 Å². The standard InChI is InChI=1S/C22H23N3O2S/c1-4-27-17-11-9-16(10-12-17)21-20-15(3)24-25(18-8-6-5-7-14(18)2)22(20)23-19(26)13-28-21/h5-12,21H,4,13H2,1-3H3,(H,23,26)/t21-/m0/s1. The van der Waals surface area contributed by atoms with E-state index in [1.165, 1.54) is 0 Å². The maximum Gasteiger partial charge on any atom is 0.235 e. The maximum atomic E-state index is 12.4. The van der Waals surface area contributed by atoms with Gasteiger partial charge in [0, 0.05) is 5.56 Å². The van der Waals surface area contributed by atoms with E-state index in [9.17, 15) is 4.79 Å². The van der Waals surface area contributed by atoms with E-state index >= 15 is 0 Å². The number of fused-ring (bicyclic) bond motifs is 1. The van der Waals surface area contributed by atoms with Crippen molar-refractivity contribution in [3.8, 4) is 11.4 Å². The lowest BCUT2D eigenvalue weighted by Gasteiger charge is -2.16. The number of nitrogens with zero attached hydrogens (tertiary/aromatic N) is 2. The molecule has 2 aromatic carbocycles. The van der Waals surface area contributed by atoms with Crippen molar-refractivity contribution in [2.75, 3.05) is 17.7 Å². The van der Waals surface area contributed by atoms with Crippen molar-refractivity contribution < 1.29 is 9.53 Å². The first kappa shape index (κ1) is 18.6. The summed E-state index contributed by atoms with van der Waals surface area (Å²) in [4.78, 5) is 12.4. The van der Waals surface area contributed by atoms with E-state index in [1.807, 2.05) is 48.9 Å². The zero-order valence-corrected chi connectivity index (χ0v) is 17.0. The molecule has 1 N–H and O–H groups in total. The minimum Gasteiger partial charge on any atom is -0.494 e. The molecule has 1 aromatic heterocycles. The van der Waals surface area contributed by atoms with Crippen LogP contribution in [0.2, 0.25) is 0 Å². The van der Waals surface area contributed by atoms with Gasteiger partial charge in [-0.25, -0.2) is 4.68 Å². The molecule has 2 heterocycles. The number of carbonyl (C=O) groups excluding carboxylic acids is 1. The number of hydrogen-bond donors (Lipinski definition) is 1. The topological polar surface area (TPSA) is 56.1 Å². The third kappa shape index (κ3) is 3.40. The molecule has 0 radical (unpaired) electrons. The van der Waals surface area contributed by atoms with Crippen LogP contribution in [0.1, 0.15) is 34.6 Å². The molecule has 0 unspecified atom stereocenters. The number of amides is 1. The van der Waals surface area contributed by atoms with Gasteiger partial charge < -0.3 is 10.1 Å². The monoisotopic (exact) mass is 393 g/mol. The number of rotatable bonds is 4. The van der Waals surface area contributed by atoms with Gasteiger partial charge in [-0.05, 0) is 50.1 Å². The van der Waals surface area contributed by atoms with Crippen LogP contribution in [0, 0.1) is 13.8 Å². The van der Waals surface area contributed by atoms with Gasteiger partial charge in [0.25, 0.3) is 0 Å². The number of thioether (sulfide) groups is 1. The molecule has 0 bridgehead atoms. The minimum atomic E-state index is -0.00517. The van der Waals surface area contributed by atoms with Crippen LogP contribution < -0.4 is 10.1 Å². The Morgan fingerprint density at radius 3 is 2.64 bits per heavy atom. The fourth-order valence-electron chi connectivity index (χ4n) is 3.53. The largest absolute Gasteiger partial charge is 0.494 e. The number of nitrogens with one attached hydrogen (secondary N) is 1. The Balaban J connectivity index is 1.83. The first-order valence-electron chi connectivity index (χ1n) is 9.38. The van der Waals surface area contributed by atoms with E-state index < -0.39 is 0 Å². The van der Waals surface area contributed by atoms with Crippen LogP contribution in [0.25, 0.3) is 5.69 Å². The fourth-order valence-corrected chi connectivity index (χ4v) is 4.72. The molecule has 5 nitrogen and oxygen atoms in total. The zero-order chi connectivity index (χ0) is 19.7. The second-order valence-corrected chi connectivity index (χ2v) is 7.88. The molecule has 1 aliphatic rings. The smallest absolute Gasteiger partial charge is 0.235 e. The molecule has 1 aliphatic heterocycles. The van der Waals surface area contributed by atoms with Crippen molar-refractivity contribution in [1.29, 1.82) is 0 Å². The third-order valence-corrected chi connectivity index (χ3v) is 6.12. The molecule has 4 rings (SSSR count). The van der Waals surface area contributed by atoms with Crippen molar-refractivity contribution in [2.24, 2.45) is 0 Å². The van der Waals surface area contributed by atoms with E-state index in [0.717, 1.165) is 39.6 Å². The van der Waals surface area contributed by atoms with Crippen LogP contribution in [-0.2, 0) is 4.79 Å².